The number of carbonyl (C=O) groups excluding carboxylic acids is 2. The number of halogens is 1. The van der Waals surface area contributed by atoms with Gasteiger partial charge in [-0.25, -0.2) is 23.5 Å². The number of hydrogen-bond acceptors (Lipinski definition) is 9. The summed E-state index contributed by atoms with van der Waals surface area (Å²) >= 11 is 1.21. The molecule has 12 heteroatoms. The first kappa shape index (κ1) is 23.7. The van der Waals surface area contributed by atoms with Crippen LogP contribution in [0.25, 0.3) is 0 Å². The van der Waals surface area contributed by atoms with Crippen LogP contribution in [0.2, 0.25) is 0 Å². The van der Waals surface area contributed by atoms with Gasteiger partial charge < -0.3 is 14.2 Å². The second-order valence-corrected chi connectivity index (χ2v) is 10.8. The number of hydrogen-bond donors (Lipinski definition) is 0. The minimum Gasteiger partial charge on any atom is -0.394 e. The van der Waals surface area contributed by atoms with Gasteiger partial charge in [0.25, 0.3) is 0 Å². The van der Waals surface area contributed by atoms with Crippen LogP contribution in [0, 0.1) is 11.7 Å². The molecule has 3 saturated heterocycles. The molecule has 1 spiro atoms. The quantitative estimate of drug-likeness (QED) is 0.382. The minimum absolute atomic E-state index is 0.116. The molecule has 36 heavy (non-hydrogen) atoms. The smallest absolute Gasteiger partial charge is 0.394 e. The maximum absolute atomic E-state index is 13.8. The number of rotatable bonds is 8. The Kier molecular flexibility index (Phi) is 6.12. The summed E-state index contributed by atoms with van der Waals surface area (Å²) < 4.78 is 32.4. The van der Waals surface area contributed by atoms with Crippen LogP contribution in [0.1, 0.15) is 37.7 Å². The van der Waals surface area contributed by atoms with Crippen molar-refractivity contribution in [2.45, 2.75) is 68.4 Å². The first-order chi connectivity index (χ1) is 17.4. The maximum Gasteiger partial charge on any atom is 0.422 e. The first-order valence-electron chi connectivity index (χ1n) is 12.3. The molecule has 4 aliphatic rings. The Bertz CT molecular complexity index is 1220. The van der Waals surface area contributed by atoms with Crippen LogP contribution >= 0.6 is 11.8 Å². The third-order valence-electron chi connectivity index (χ3n) is 7.54. The van der Waals surface area contributed by atoms with Crippen LogP contribution in [-0.4, -0.2) is 62.2 Å². The predicted octanol–water partition coefficient (Wildman–Crippen LogP) is 1.85. The van der Waals surface area contributed by atoms with E-state index in [0.717, 1.165) is 43.2 Å². The lowest BCUT2D eigenvalue weighted by Crippen LogP contribution is -2.45. The molecular weight excluding hydrogens is 491 g/mol. The molecule has 2 bridgehead atoms. The summed E-state index contributed by atoms with van der Waals surface area (Å²) in [5.74, 6) is -3.55. The van der Waals surface area contributed by atoms with Crippen molar-refractivity contribution in [3.63, 3.8) is 0 Å². The number of piperidine rings is 1. The number of benzene rings is 1. The minimum atomic E-state index is -1.71. The summed E-state index contributed by atoms with van der Waals surface area (Å²) in [5.41, 5.74) is 0.137. The number of nitrogens with zero attached hydrogens (tertiary/aromatic N) is 4. The van der Waals surface area contributed by atoms with Gasteiger partial charge in [0.15, 0.2) is 5.16 Å². The van der Waals surface area contributed by atoms with Crippen LogP contribution in [0.15, 0.2) is 34.2 Å². The summed E-state index contributed by atoms with van der Waals surface area (Å²) in [6.45, 7) is 2.21. The molecule has 0 aliphatic carbocycles. The monoisotopic (exact) mass is 518 g/mol. The Labute approximate surface area is 210 Å². The highest BCUT2D eigenvalue weighted by molar-refractivity contribution is 7.99. The highest BCUT2D eigenvalue weighted by Gasteiger charge is 2.56. The van der Waals surface area contributed by atoms with E-state index >= 15 is 0 Å². The van der Waals surface area contributed by atoms with E-state index in [1.54, 1.807) is 12.1 Å². The van der Waals surface area contributed by atoms with E-state index in [9.17, 15) is 18.8 Å². The molecule has 10 nitrogen and oxygen atoms in total. The Balaban J connectivity index is 1.01. The number of carbonyl (C=O) groups is 2. The molecule has 5 heterocycles. The molecule has 0 amide bonds. The van der Waals surface area contributed by atoms with Crippen molar-refractivity contribution in [1.82, 2.24) is 19.2 Å². The molecule has 1 aromatic heterocycles. The zero-order valence-corrected chi connectivity index (χ0v) is 20.5. The highest BCUT2D eigenvalue weighted by Crippen LogP contribution is 2.41. The van der Waals surface area contributed by atoms with Gasteiger partial charge in [-0.1, -0.05) is 30.0 Å². The Hall–Kier alpha value is -2.70. The second kappa shape index (κ2) is 9.31. The van der Waals surface area contributed by atoms with Gasteiger partial charge in [-0.2, -0.15) is 4.57 Å². The molecule has 0 N–H and O–H groups in total. The molecule has 0 saturated carbocycles. The molecule has 4 aliphatic heterocycles. The number of thioether (sulfide) groups is 1. The zero-order valence-electron chi connectivity index (χ0n) is 19.6. The van der Waals surface area contributed by atoms with E-state index in [1.165, 1.54) is 22.5 Å². The fourth-order valence-electron chi connectivity index (χ4n) is 5.92. The average Bonchev–Trinajstić information content (AvgIpc) is 3.52. The largest absolute Gasteiger partial charge is 0.422 e. The molecular formula is C24H27FN4O6S. The fraction of sp³-hybridized carbons (Fsp3) is 0.583. The predicted molar refractivity (Wildman–Crippen MR) is 124 cm³/mol. The van der Waals surface area contributed by atoms with Crippen LogP contribution in [0.3, 0.4) is 0 Å². The number of aryl methyl sites for hydroxylation is 1. The van der Waals surface area contributed by atoms with E-state index < -0.39 is 23.5 Å². The normalized spacial score (nSPS) is 26.4. The Morgan fingerprint density at radius 2 is 1.81 bits per heavy atom. The summed E-state index contributed by atoms with van der Waals surface area (Å²) in [6.07, 6.45) is 5.17. The summed E-state index contributed by atoms with van der Waals surface area (Å²) in [4.78, 5) is 38.6. The zero-order chi connectivity index (χ0) is 24.9. The Morgan fingerprint density at radius 3 is 2.53 bits per heavy atom. The van der Waals surface area contributed by atoms with Crippen molar-refractivity contribution in [3.8, 4) is 0 Å². The van der Waals surface area contributed by atoms with Gasteiger partial charge in [0.2, 0.25) is 0 Å². The molecule has 6 rings (SSSR count). The molecule has 2 unspecified atom stereocenters. The van der Waals surface area contributed by atoms with Crippen LogP contribution in [0.5, 0.6) is 0 Å². The van der Waals surface area contributed by atoms with Crippen LogP contribution in [0.4, 0.5) is 4.39 Å². The topological polar surface area (TPSA) is 105 Å². The maximum atomic E-state index is 13.8. The summed E-state index contributed by atoms with van der Waals surface area (Å²) in [7, 11) is 0. The van der Waals surface area contributed by atoms with E-state index in [-0.39, 0.29) is 11.6 Å². The number of fused-ring (bicyclic) bond motifs is 4. The van der Waals surface area contributed by atoms with Gasteiger partial charge in [-0.15, -0.1) is 5.10 Å². The molecule has 2 atom stereocenters. The van der Waals surface area contributed by atoms with Gasteiger partial charge in [0, 0.05) is 37.3 Å². The lowest BCUT2D eigenvalue weighted by Gasteiger charge is -2.39. The van der Waals surface area contributed by atoms with Crippen molar-refractivity contribution in [1.29, 1.82) is 0 Å². The molecule has 2 aromatic rings. The summed E-state index contributed by atoms with van der Waals surface area (Å²) in [6, 6.07) is 7.70. The van der Waals surface area contributed by atoms with E-state index in [1.807, 2.05) is 6.07 Å². The second-order valence-electron chi connectivity index (χ2n) is 9.82. The van der Waals surface area contributed by atoms with Crippen molar-refractivity contribution < 1.29 is 28.2 Å². The third kappa shape index (κ3) is 4.14. The van der Waals surface area contributed by atoms with Crippen molar-refractivity contribution in [3.05, 3.63) is 46.1 Å². The number of esters is 2. The van der Waals surface area contributed by atoms with Gasteiger partial charge in [0.05, 0.1) is 6.61 Å². The molecule has 192 valence electrons. The number of aromatic nitrogens is 3. The SMILES string of the molecule is O=C1OC2(CSc3nn(CCCN4C5CCC4CC(COCc4ccccc4F)C5)c(=O)n32)OC1=O. The number of ether oxygens (including phenoxy) is 3. The van der Waals surface area contributed by atoms with Crippen molar-refractivity contribution >= 4 is 23.7 Å². The van der Waals surface area contributed by atoms with Gasteiger partial charge >= 0.3 is 23.5 Å². The van der Waals surface area contributed by atoms with Gasteiger partial charge in [0.1, 0.15) is 11.6 Å². The van der Waals surface area contributed by atoms with Crippen molar-refractivity contribution in [2.75, 3.05) is 18.9 Å². The molecule has 0 radical (unpaired) electrons. The lowest BCUT2D eigenvalue weighted by atomic mass is 9.91. The average molecular weight is 519 g/mol. The Morgan fingerprint density at radius 1 is 1.08 bits per heavy atom. The summed E-state index contributed by atoms with van der Waals surface area (Å²) in [5, 5.41) is 4.73. The molecule has 1 aromatic carbocycles. The third-order valence-corrected chi connectivity index (χ3v) is 8.57. The lowest BCUT2D eigenvalue weighted by molar-refractivity contribution is -0.209. The van der Waals surface area contributed by atoms with Crippen LogP contribution < -0.4 is 5.69 Å². The van der Waals surface area contributed by atoms with Gasteiger partial charge in [-0.3, -0.25) is 4.90 Å². The standard InChI is InChI=1S/C24H27FN4O6S/c25-19-5-2-1-4-16(19)13-33-12-15-10-17-6-7-18(11-15)27(17)8-3-9-28-23(32)29-22(26-28)36-14-24(29)34-20(30)21(31)35-24/h1-2,4-5,15,17-18H,3,6-14H2. The van der Waals surface area contributed by atoms with Crippen LogP contribution in [-0.2, 0) is 42.9 Å². The molecule has 3 fully saturated rings. The fourth-order valence-corrected chi connectivity index (χ4v) is 6.99. The van der Waals surface area contributed by atoms with E-state index in [2.05, 4.69) is 10.00 Å². The first-order valence-corrected chi connectivity index (χ1v) is 13.3. The van der Waals surface area contributed by atoms with Crippen molar-refractivity contribution in [2.24, 2.45) is 5.92 Å². The van der Waals surface area contributed by atoms with Gasteiger partial charge in [-0.05, 0) is 44.1 Å². The van der Waals surface area contributed by atoms with E-state index in [4.69, 9.17) is 14.2 Å². The highest BCUT2D eigenvalue weighted by atomic mass is 32.2. The van der Waals surface area contributed by atoms with E-state index in [0.29, 0.717) is 48.5 Å².